The smallest absolute Gasteiger partial charge is 0.307 e. The summed E-state index contributed by atoms with van der Waals surface area (Å²) >= 11 is 5.89. The summed E-state index contributed by atoms with van der Waals surface area (Å²) in [5.74, 6) is -0.228. The largest absolute Gasteiger partial charge is 0.497 e. The maximum atomic E-state index is 10.9. The second-order valence-electron chi connectivity index (χ2n) is 3.94. The Kier molecular flexibility index (Phi) is 4.02. The van der Waals surface area contributed by atoms with Crippen molar-refractivity contribution in [2.75, 3.05) is 7.11 Å². The highest BCUT2D eigenvalue weighted by molar-refractivity contribution is 6.29. The third kappa shape index (κ3) is 3.23. The number of aromatic nitrogens is 1. The highest BCUT2D eigenvalue weighted by Gasteiger charge is 2.11. The molecular formula is C14H12ClNO3. The number of carboxylic acid groups (broad SMARTS) is 1. The second-order valence-corrected chi connectivity index (χ2v) is 4.33. The van der Waals surface area contributed by atoms with Gasteiger partial charge in [-0.1, -0.05) is 29.8 Å². The minimum atomic E-state index is -0.909. The van der Waals surface area contributed by atoms with Gasteiger partial charge in [-0.25, -0.2) is 4.98 Å². The molecule has 0 spiro atoms. The summed E-state index contributed by atoms with van der Waals surface area (Å²) in [6.45, 7) is 0. The van der Waals surface area contributed by atoms with Crippen LogP contribution in [-0.2, 0) is 11.2 Å². The summed E-state index contributed by atoms with van der Waals surface area (Å²) in [7, 11) is 1.57. The van der Waals surface area contributed by atoms with E-state index in [1.165, 1.54) is 0 Å². The summed E-state index contributed by atoms with van der Waals surface area (Å²) in [5, 5.41) is 9.25. The van der Waals surface area contributed by atoms with Crippen LogP contribution in [0, 0.1) is 0 Å². The van der Waals surface area contributed by atoms with Crippen LogP contribution in [0.2, 0.25) is 5.15 Å². The van der Waals surface area contributed by atoms with E-state index in [9.17, 15) is 4.79 Å². The lowest BCUT2D eigenvalue weighted by Gasteiger charge is -2.09. The maximum absolute atomic E-state index is 10.9. The third-order valence-corrected chi connectivity index (χ3v) is 2.84. The lowest BCUT2D eigenvalue weighted by molar-refractivity contribution is -0.136. The van der Waals surface area contributed by atoms with Gasteiger partial charge in [0.2, 0.25) is 0 Å². The Morgan fingerprint density at radius 1 is 1.37 bits per heavy atom. The van der Waals surface area contributed by atoms with Crippen LogP contribution in [0.4, 0.5) is 0 Å². The number of ether oxygens (including phenoxy) is 1. The first-order valence-corrected chi connectivity index (χ1v) is 5.99. The molecule has 1 heterocycles. The summed E-state index contributed by atoms with van der Waals surface area (Å²) in [6.07, 6.45) is -0.100. The van der Waals surface area contributed by atoms with E-state index >= 15 is 0 Å². The fourth-order valence-corrected chi connectivity index (χ4v) is 1.94. The number of methoxy groups -OCH3 is 1. The second kappa shape index (κ2) is 5.71. The first-order chi connectivity index (χ1) is 9.10. The van der Waals surface area contributed by atoms with Gasteiger partial charge in [0, 0.05) is 5.56 Å². The minimum absolute atomic E-state index is 0.100. The van der Waals surface area contributed by atoms with E-state index in [4.69, 9.17) is 21.4 Å². The summed E-state index contributed by atoms with van der Waals surface area (Å²) < 4.78 is 5.15. The van der Waals surface area contributed by atoms with Crippen molar-refractivity contribution in [2.45, 2.75) is 6.42 Å². The van der Waals surface area contributed by atoms with Gasteiger partial charge < -0.3 is 9.84 Å². The Morgan fingerprint density at radius 2 is 2.16 bits per heavy atom. The molecule has 0 amide bonds. The molecule has 0 fully saturated rings. The van der Waals surface area contributed by atoms with E-state index in [1.54, 1.807) is 25.3 Å². The Bertz CT molecular complexity index is 613. The molecule has 1 N–H and O–H groups in total. The molecule has 0 aliphatic rings. The van der Waals surface area contributed by atoms with Crippen molar-refractivity contribution in [3.8, 4) is 17.0 Å². The number of benzene rings is 1. The molecule has 1 aromatic carbocycles. The van der Waals surface area contributed by atoms with Gasteiger partial charge in [-0.2, -0.15) is 0 Å². The molecule has 0 unspecified atom stereocenters. The third-order valence-electron chi connectivity index (χ3n) is 2.63. The summed E-state index contributed by atoms with van der Waals surface area (Å²) in [5.41, 5.74) is 1.96. The minimum Gasteiger partial charge on any atom is -0.497 e. The fourth-order valence-electron chi connectivity index (χ4n) is 1.79. The number of aliphatic carboxylic acids is 1. The number of halogens is 1. The van der Waals surface area contributed by atoms with Crippen LogP contribution >= 0.6 is 11.6 Å². The molecule has 4 nitrogen and oxygen atoms in total. The van der Waals surface area contributed by atoms with Crippen LogP contribution in [0.3, 0.4) is 0 Å². The van der Waals surface area contributed by atoms with Crippen LogP contribution in [0.1, 0.15) is 5.56 Å². The fraction of sp³-hybridized carbons (Fsp3) is 0.143. The van der Waals surface area contributed by atoms with Crippen LogP contribution in [-0.4, -0.2) is 23.2 Å². The molecule has 0 atom stereocenters. The van der Waals surface area contributed by atoms with Crippen LogP contribution < -0.4 is 4.74 Å². The molecule has 0 bridgehead atoms. The van der Waals surface area contributed by atoms with E-state index < -0.39 is 5.97 Å². The van der Waals surface area contributed by atoms with E-state index in [0.717, 1.165) is 5.56 Å². The molecule has 19 heavy (non-hydrogen) atoms. The molecule has 0 aliphatic heterocycles. The highest BCUT2D eigenvalue weighted by Crippen LogP contribution is 2.27. The SMILES string of the molecule is COc1cccc(-c2nc(Cl)ccc2CC(=O)O)c1. The zero-order valence-electron chi connectivity index (χ0n) is 10.3. The van der Waals surface area contributed by atoms with Gasteiger partial charge in [-0.05, 0) is 23.8 Å². The lowest BCUT2D eigenvalue weighted by Crippen LogP contribution is -2.03. The molecule has 0 aliphatic carbocycles. The van der Waals surface area contributed by atoms with E-state index in [-0.39, 0.29) is 6.42 Å². The van der Waals surface area contributed by atoms with Crippen LogP contribution in [0.25, 0.3) is 11.3 Å². The highest BCUT2D eigenvalue weighted by atomic mass is 35.5. The molecule has 5 heteroatoms. The molecule has 0 radical (unpaired) electrons. The van der Waals surface area contributed by atoms with Crippen molar-refractivity contribution >= 4 is 17.6 Å². The molecule has 0 saturated heterocycles. The van der Waals surface area contributed by atoms with Gasteiger partial charge in [-0.3, -0.25) is 4.79 Å². The first-order valence-electron chi connectivity index (χ1n) is 5.62. The number of carbonyl (C=O) groups is 1. The van der Waals surface area contributed by atoms with E-state index in [2.05, 4.69) is 4.98 Å². The van der Waals surface area contributed by atoms with Gasteiger partial charge in [0.15, 0.2) is 0 Å². The number of pyridine rings is 1. The average molecular weight is 278 g/mol. The molecule has 2 aromatic rings. The zero-order chi connectivity index (χ0) is 13.8. The number of hydrogen-bond acceptors (Lipinski definition) is 3. The lowest BCUT2D eigenvalue weighted by atomic mass is 10.0. The zero-order valence-corrected chi connectivity index (χ0v) is 11.0. The normalized spacial score (nSPS) is 10.2. The van der Waals surface area contributed by atoms with Gasteiger partial charge in [0.1, 0.15) is 10.9 Å². The Labute approximate surface area is 115 Å². The van der Waals surface area contributed by atoms with Crippen molar-refractivity contribution in [1.29, 1.82) is 0 Å². The van der Waals surface area contributed by atoms with Crippen molar-refractivity contribution < 1.29 is 14.6 Å². The molecule has 1 aromatic heterocycles. The monoisotopic (exact) mass is 277 g/mol. The van der Waals surface area contributed by atoms with Crippen molar-refractivity contribution in [1.82, 2.24) is 4.98 Å². The number of carboxylic acids is 1. The van der Waals surface area contributed by atoms with Gasteiger partial charge in [0.05, 0.1) is 19.2 Å². The molecule has 2 rings (SSSR count). The molecule has 0 saturated carbocycles. The predicted molar refractivity (Wildman–Crippen MR) is 72.6 cm³/mol. The quantitative estimate of drug-likeness (QED) is 0.873. The standard InChI is InChI=1S/C14H12ClNO3/c1-19-11-4-2-3-9(7-11)14-10(8-13(17)18)5-6-12(15)16-14/h2-7H,8H2,1H3,(H,17,18). The van der Waals surface area contributed by atoms with Gasteiger partial charge in [-0.15, -0.1) is 0 Å². The van der Waals surface area contributed by atoms with Crippen molar-refractivity contribution in [3.05, 3.63) is 47.1 Å². The summed E-state index contributed by atoms with van der Waals surface area (Å²) in [6, 6.07) is 10.5. The van der Waals surface area contributed by atoms with Crippen LogP contribution in [0.5, 0.6) is 5.75 Å². The molecule has 98 valence electrons. The Balaban J connectivity index is 2.52. The molecular weight excluding hydrogens is 266 g/mol. The number of nitrogens with zero attached hydrogens (tertiary/aromatic N) is 1. The van der Waals surface area contributed by atoms with Crippen LogP contribution in [0.15, 0.2) is 36.4 Å². The maximum Gasteiger partial charge on any atom is 0.307 e. The Morgan fingerprint density at radius 3 is 2.84 bits per heavy atom. The van der Waals surface area contributed by atoms with Crippen molar-refractivity contribution in [3.63, 3.8) is 0 Å². The van der Waals surface area contributed by atoms with E-state index in [1.807, 2.05) is 18.2 Å². The van der Waals surface area contributed by atoms with Gasteiger partial charge >= 0.3 is 5.97 Å². The number of rotatable bonds is 4. The predicted octanol–water partition coefficient (Wildman–Crippen LogP) is 3.04. The average Bonchev–Trinajstić information content (AvgIpc) is 2.40. The topological polar surface area (TPSA) is 59.4 Å². The van der Waals surface area contributed by atoms with E-state index in [0.29, 0.717) is 22.2 Å². The Hall–Kier alpha value is -2.07. The van der Waals surface area contributed by atoms with Crippen molar-refractivity contribution in [2.24, 2.45) is 0 Å². The first kappa shape index (κ1) is 13.4. The van der Waals surface area contributed by atoms with Gasteiger partial charge in [0.25, 0.3) is 0 Å². The summed E-state index contributed by atoms with van der Waals surface area (Å²) in [4.78, 5) is 15.1. The number of hydrogen-bond donors (Lipinski definition) is 1.